The number of carboxylic acid groups (broad SMARTS) is 1. The molecule has 2 aromatic carbocycles. The second-order valence-corrected chi connectivity index (χ2v) is 7.24. The Kier molecular flexibility index (Phi) is 5.22. The molecule has 0 radical (unpaired) electrons. The van der Waals surface area contributed by atoms with Crippen LogP contribution in [0.4, 0.5) is 5.69 Å². The molecule has 3 aromatic rings. The minimum absolute atomic E-state index is 0.00280. The van der Waals surface area contributed by atoms with Crippen LogP contribution in [0.5, 0.6) is 0 Å². The largest absolute Gasteiger partial charge is 0.478 e. The van der Waals surface area contributed by atoms with Crippen LogP contribution in [-0.4, -0.2) is 32.6 Å². The second kappa shape index (κ2) is 8.00. The number of aromatic nitrogens is 1. The molecule has 1 aliphatic rings. The highest BCUT2D eigenvalue weighted by atomic mass is 32.1. The maximum atomic E-state index is 13.2. The zero-order valence-electron chi connectivity index (χ0n) is 16.2. The number of carbonyl (C=O) groups is 3. The Morgan fingerprint density at radius 2 is 1.94 bits per heavy atom. The van der Waals surface area contributed by atoms with Crippen molar-refractivity contribution in [3.05, 3.63) is 84.1 Å². The molecule has 0 saturated carbocycles. The average Bonchev–Trinajstić information content (AvgIpc) is 3.09. The fourth-order valence-corrected chi connectivity index (χ4v) is 3.79. The summed E-state index contributed by atoms with van der Waals surface area (Å²) in [6, 6.07) is 13.5. The van der Waals surface area contributed by atoms with E-state index in [9.17, 15) is 19.5 Å². The van der Waals surface area contributed by atoms with E-state index in [0.717, 1.165) is 15.8 Å². The lowest BCUT2D eigenvalue weighted by molar-refractivity contribution is -0.122. The minimum Gasteiger partial charge on any atom is -0.478 e. The van der Waals surface area contributed by atoms with Crippen LogP contribution in [0.2, 0.25) is 0 Å². The Bertz CT molecular complexity index is 1310. The summed E-state index contributed by atoms with van der Waals surface area (Å²) in [5.74, 6) is -2.37. The topological polar surface area (TPSA) is 91.6 Å². The highest BCUT2D eigenvalue weighted by Crippen LogP contribution is 2.27. The summed E-state index contributed by atoms with van der Waals surface area (Å²) in [5.41, 5.74) is 1.80. The van der Waals surface area contributed by atoms with Crippen molar-refractivity contribution in [3.8, 4) is 0 Å². The number of carboxylic acids is 1. The van der Waals surface area contributed by atoms with Gasteiger partial charge in [-0.15, -0.1) is 6.58 Å². The number of hydrogen-bond acceptors (Lipinski definition) is 4. The summed E-state index contributed by atoms with van der Waals surface area (Å²) in [6.07, 6.45) is 5.13. The number of nitrogens with zero attached hydrogens (tertiary/aromatic N) is 2. The molecular weight excluding hydrogens is 414 g/mol. The molecular formula is C23H17N3O4S. The van der Waals surface area contributed by atoms with Gasteiger partial charge in [0.25, 0.3) is 11.8 Å². The lowest BCUT2D eigenvalue weighted by Gasteiger charge is -2.29. The molecule has 0 bridgehead atoms. The van der Waals surface area contributed by atoms with Crippen LogP contribution in [0.3, 0.4) is 0 Å². The number of benzene rings is 2. The standard InChI is InChI=1S/C23H17N3O4S/c1-2-10-25-13-15(17-8-3-4-9-19(17)25)12-18-20(27)24-23(31)26(21(18)28)16-7-5-6-14(11-16)22(29)30/h2-9,11-13H,1,10H2,(H,29,30)(H,24,27,31). The van der Waals surface area contributed by atoms with Gasteiger partial charge in [0.15, 0.2) is 5.11 Å². The number of carbonyl (C=O) groups excluding carboxylic acids is 2. The van der Waals surface area contributed by atoms with Crippen molar-refractivity contribution >= 4 is 57.8 Å². The smallest absolute Gasteiger partial charge is 0.335 e. The van der Waals surface area contributed by atoms with E-state index in [1.54, 1.807) is 12.1 Å². The molecule has 0 aliphatic carbocycles. The molecule has 0 atom stereocenters. The van der Waals surface area contributed by atoms with Crippen LogP contribution in [0.25, 0.3) is 17.0 Å². The molecule has 0 unspecified atom stereocenters. The Labute approximate surface area is 182 Å². The van der Waals surface area contributed by atoms with Gasteiger partial charge in [-0.25, -0.2) is 4.79 Å². The van der Waals surface area contributed by atoms with Gasteiger partial charge in [0.1, 0.15) is 5.57 Å². The number of fused-ring (bicyclic) bond motifs is 1. The molecule has 31 heavy (non-hydrogen) atoms. The summed E-state index contributed by atoms with van der Waals surface area (Å²) in [4.78, 5) is 38.3. The van der Waals surface area contributed by atoms with Crippen molar-refractivity contribution in [2.45, 2.75) is 6.54 Å². The van der Waals surface area contributed by atoms with E-state index in [1.807, 2.05) is 35.0 Å². The van der Waals surface area contributed by atoms with Crippen LogP contribution in [-0.2, 0) is 16.1 Å². The van der Waals surface area contributed by atoms with Crippen LogP contribution >= 0.6 is 12.2 Å². The summed E-state index contributed by atoms with van der Waals surface area (Å²) >= 11 is 5.19. The maximum Gasteiger partial charge on any atom is 0.335 e. The third-order valence-corrected chi connectivity index (χ3v) is 5.18. The van der Waals surface area contributed by atoms with Gasteiger partial charge in [-0.3, -0.25) is 19.8 Å². The van der Waals surface area contributed by atoms with E-state index in [0.29, 0.717) is 12.1 Å². The molecule has 1 saturated heterocycles. The first kappa shape index (κ1) is 20.2. The number of hydrogen-bond donors (Lipinski definition) is 2. The highest BCUT2D eigenvalue weighted by Gasteiger charge is 2.35. The zero-order chi connectivity index (χ0) is 22.1. The van der Waals surface area contributed by atoms with Gasteiger partial charge in [0.2, 0.25) is 0 Å². The van der Waals surface area contributed by atoms with Crippen molar-refractivity contribution in [3.63, 3.8) is 0 Å². The molecule has 2 heterocycles. The van der Waals surface area contributed by atoms with Gasteiger partial charge in [0, 0.05) is 29.2 Å². The van der Waals surface area contributed by atoms with Crippen molar-refractivity contribution in [2.24, 2.45) is 0 Å². The zero-order valence-corrected chi connectivity index (χ0v) is 17.1. The number of allylic oxidation sites excluding steroid dienone is 1. The van der Waals surface area contributed by atoms with E-state index in [4.69, 9.17) is 12.2 Å². The van der Waals surface area contributed by atoms with Crippen LogP contribution in [0, 0.1) is 0 Å². The molecule has 1 fully saturated rings. The van der Waals surface area contributed by atoms with Crippen LogP contribution in [0.1, 0.15) is 15.9 Å². The van der Waals surface area contributed by atoms with Crippen molar-refractivity contribution in [1.82, 2.24) is 9.88 Å². The number of anilines is 1. The molecule has 2 amide bonds. The van der Waals surface area contributed by atoms with Gasteiger partial charge < -0.3 is 9.67 Å². The van der Waals surface area contributed by atoms with E-state index < -0.39 is 17.8 Å². The summed E-state index contributed by atoms with van der Waals surface area (Å²) < 4.78 is 1.97. The number of amides is 2. The predicted octanol–water partition coefficient (Wildman–Crippen LogP) is 3.36. The Hall–Kier alpha value is -4.04. The van der Waals surface area contributed by atoms with E-state index in [1.165, 1.54) is 24.3 Å². The van der Waals surface area contributed by atoms with E-state index in [2.05, 4.69) is 11.9 Å². The second-order valence-electron chi connectivity index (χ2n) is 6.86. The number of aromatic carboxylic acids is 1. The lowest BCUT2D eigenvalue weighted by Crippen LogP contribution is -2.54. The first-order chi connectivity index (χ1) is 14.9. The summed E-state index contributed by atoms with van der Waals surface area (Å²) in [5, 5.41) is 12.5. The number of nitrogens with one attached hydrogen (secondary N) is 1. The Balaban J connectivity index is 1.80. The van der Waals surface area contributed by atoms with Gasteiger partial charge >= 0.3 is 5.97 Å². The van der Waals surface area contributed by atoms with Gasteiger partial charge in [-0.1, -0.05) is 30.3 Å². The number of thiocarbonyl (C=S) groups is 1. The van der Waals surface area contributed by atoms with Gasteiger partial charge in [0.05, 0.1) is 11.3 Å². The number of rotatable bonds is 5. The molecule has 1 aliphatic heterocycles. The molecule has 7 nitrogen and oxygen atoms in total. The fourth-order valence-electron chi connectivity index (χ4n) is 3.51. The Morgan fingerprint density at radius 3 is 2.68 bits per heavy atom. The molecule has 8 heteroatoms. The normalized spacial score (nSPS) is 15.4. The third kappa shape index (κ3) is 3.64. The maximum absolute atomic E-state index is 13.2. The van der Waals surface area contributed by atoms with Gasteiger partial charge in [-0.2, -0.15) is 0 Å². The molecule has 0 spiro atoms. The van der Waals surface area contributed by atoms with E-state index >= 15 is 0 Å². The SMILES string of the molecule is C=CCn1cc(C=C2C(=O)NC(=S)N(c3cccc(C(=O)O)c3)C2=O)c2ccccc21. The van der Waals surface area contributed by atoms with Crippen molar-refractivity contribution in [1.29, 1.82) is 0 Å². The summed E-state index contributed by atoms with van der Waals surface area (Å²) in [6.45, 7) is 4.34. The van der Waals surface area contributed by atoms with E-state index in [-0.39, 0.29) is 21.9 Å². The summed E-state index contributed by atoms with van der Waals surface area (Å²) in [7, 11) is 0. The predicted molar refractivity (Wildman–Crippen MR) is 122 cm³/mol. The average molecular weight is 431 g/mol. The van der Waals surface area contributed by atoms with Crippen LogP contribution < -0.4 is 10.2 Å². The fraction of sp³-hybridized carbons (Fsp3) is 0.0435. The highest BCUT2D eigenvalue weighted by molar-refractivity contribution is 7.80. The first-order valence-electron chi connectivity index (χ1n) is 9.34. The number of para-hydroxylation sites is 1. The molecule has 2 N–H and O–H groups in total. The van der Waals surface area contributed by atoms with Gasteiger partial charge in [-0.05, 0) is 42.6 Å². The first-order valence-corrected chi connectivity index (χ1v) is 9.75. The molecule has 4 rings (SSSR count). The monoisotopic (exact) mass is 431 g/mol. The quantitative estimate of drug-likeness (QED) is 0.280. The third-order valence-electron chi connectivity index (χ3n) is 4.90. The molecule has 1 aromatic heterocycles. The lowest BCUT2D eigenvalue weighted by atomic mass is 10.1. The van der Waals surface area contributed by atoms with Crippen LogP contribution in [0.15, 0.2) is 73.0 Å². The van der Waals surface area contributed by atoms with Crippen molar-refractivity contribution in [2.75, 3.05) is 4.90 Å². The minimum atomic E-state index is -1.13. The van der Waals surface area contributed by atoms with Crippen molar-refractivity contribution < 1.29 is 19.5 Å². The molecule has 154 valence electrons. The Morgan fingerprint density at radius 1 is 1.16 bits per heavy atom.